The number of nitrogens with one attached hydrogen (secondary N) is 1. The van der Waals surface area contributed by atoms with Gasteiger partial charge in [0.2, 0.25) is 12.0 Å². The van der Waals surface area contributed by atoms with E-state index in [1.165, 1.54) is 0 Å². The van der Waals surface area contributed by atoms with Gasteiger partial charge in [-0.15, -0.1) is 0 Å². The number of hydrogen-bond donors (Lipinski definition) is 1. The van der Waals surface area contributed by atoms with Gasteiger partial charge in [-0.2, -0.15) is 0 Å². The van der Waals surface area contributed by atoms with Gasteiger partial charge in [-0.25, -0.2) is 0 Å². The summed E-state index contributed by atoms with van der Waals surface area (Å²) < 4.78 is 11.4. The van der Waals surface area contributed by atoms with Crippen LogP contribution in [0.25, 0.3) is 0 Å². The highest BCUT2D eigenvalue weighted by Crippen LogP contribution is 2.31. The molecule has 0 radical (unpaired) electrons. The molecule has 2 aliphatic heterocycles. The lowest BCUT2D eigenvalue weighted by molar-refractivity contribution is -0.143. The van der Waals surface area contributed by atoms with Crippen LogP contribution in [-0.4, -0.2) is 73.1 Å². The molecule has 136 valence electrons. The summed E-state index contributed by atoms with van der Waals surface area (Å²) in [6, 6.07) is 7.19. The maximum Gasteiger partial charge on any atom is 0.267 e. The molecule has 0 spiro atoms. The van der Waals surface area contributed by atoms with Gasteiger partial charge in [-0.05, 0) is 26.0 Å². The van der Waals surface area contributed by atoms with Gasteiger partial charge in [0.05, 0.1) is 6.04 Å². The van der Waals surface area contributed by atoms with E-state index < -0.39 is 6.10 Å². The fourth-order valence-electron chi connectivity index (χ4n) is 3.16. The zero-order valence-corrected chi connectivity index (χ0v) is 14.7. The lowest BCUT2D eigenvalue weighted by Crippen LogP contribution is -2.57. The van der Waals surface area contributed by atoms with E-state index in [9.17, 15) is 9.59 Å². The summed E-state index contributed by atoms with van der Waals surface area (Å²) in [6.07, 6.45) is -0.609. The van der Waals surface area contributed by atoms with Crippen LogP contribution in [0.5, 0.6) is 11.5 Å². The van der Waals surface area contributed by atoms with Crippen molar-refractivity contribution in [3.63, 3.8) is 0 Å². The molecule has 2 amide bonds. The van der Waals surface area contributed by atoms with Crippen molar-refractivity contribution in [2.75, 3.05) is 39.3 Å². The lowest BCUT2D eigenvalue weighted by atomic mass is 10.2. The minimum absolute atomic E-state index is 0.0305. The van der Waals surface area contributed by atoms with E-state index in [1.54, 1.807) is 11.0 Å². The SMILES string of the molecule is CCNC(=O)[C@H](C)N1CCN(C(=O)[C@@H]2COc3ccccc3O2)CC1. The minimum atomic E-state index is -0.609. The van der Waals surface area contributed by atoms with Gasteiger partial charge >= 0.3 is 0 Å². The molecule has 1 aromatic carbocycles. The number of carbonyl (C=O) groups excluding carboxylic acids is 2. The molecule has 7 nitrogen and oxygen atoms in total. The van der Waals surface area contributed by atoms with Crippen molar-refractivity contribution in [3.05, 3.63) is 24.3 Å². The summed E-state index contributed by atoms with van der Waals surface area (Å²) in [6.45, 7) is 7.19. The second-order valence-corrected chi connectivity index (χ2v) is 6.30. The maximum absolute atomic E-state index is 12.7. The van der Waals surface area contributed by atoms with Crippen molar-refractivity contribution >= 4 is 11.8 Å². The second kappa shape index (κ2) is 7.74. The van der Waals surface area contributed by atoms with Gasteiger partial charge in [-0.3, -0.25) is 14.5 Å². The zero-order chi connectivity index (χ0) is 17.8. The Morgan fingerprint density at radius 2 is 1.88 bits per heavy atom. The van der Waals surface area contributed by atoms with Gasteiger partial charge < -0.3 is 19.7 Å². The van der Waals surface area contributed by atoms with Gasteiger partial charge in [0.15, 0.2) is 11.5 Å². The van der Waals surface area contributed by atoms with Crippen molar-refractivity contribution in [1.82, 2.24) is 15.1 Å². The van der Waals surface area contributed by atoms with Gasteiger partial charge in [-0.1, -0.05) is 12.1 Å². The van der Waals surface area contributed by atoms with E-state index in [0.29, 0.717) is 44.2 Å². The highest BCUT2D eigenvalue weighted by molar-refractivity contribution is 5.82. The Bertz CT molecular complexity index is 629. The Balaban J connectivity index is 1.53. The monoisotopic (exact) mass is 347 g/mol. The topological polar surface area (TPSA) is 71.1 Å². The molecule has 2 aliphatic rings. The summed E-state index contributed by atoms with van der Waals surface area (Å²) >= 11 is 0. The molecule has 0 unspecified atom stereocenters. The van der Waals surface area contributed by atoms with Gasteiger partial charge in [0.1, 0.15) is 6.61 Å². The van der Waals surface area contributed by atoms with Crippen LogP contribution < -0.4 is 14.8 Å². The van der Waals surface area contributed by atoms with E-state index in [2.05, 4.69) is 10.2 Å². The number of likely N-dealkylation sites (N-methyl/N-ethyl adjacent to an activating group) is 1. The first-order chi connectivity index (χ1) is 12.1. The third-order valence-electron chi connectivity index (χ3n) is 4.69. The number of piperazine rings is 1. The van der Waals surface area contributed by atoms with Crippen LogP contribution in [0.1, 0.15) is 13.8 Å². The average molecular weight is 347 g/mol. The molecule has 1 aromatic rings. The quantitative estimate of drug-likeness (QED) is 0.859. The molecule has 0 saturated carbocycles. The molecular formula is C18H25N3O4. The average Bonchev–Trinajstić information content (AvgIpc) is 2.66. The standard InChI is InChI=1S/C18H25N3O4/c1-3-19-17(22)13(2)20-8-10-21(11-9-20)18(23)16-12-24-14-6-4-5-7-15(14)25-16/h4-7,13,16H,3,8-12H2,1-2H3,(H,19,22)/t13-,16-/m0/s1. The van der Waals surface area contributed by atoms with Crippen LogP contribution >= 0.6 is 0 Å². The molecule has 7 heteroatoms. The van der Waals surface area contributed by atoms with Crippen molar-refractivity contribution in [2.45, 2.75) is 26.0 Å². The smallest absolute Gasteiger partial charge is 0.267 e. The number of ether oxygens (including phenoxy) is 2. The number of para-hydroxylation sites is 2. The molecule has 1 saturated heterocycles. The fourth-order valence-corrected chi connectivity index (χ4v) is 3.16. The molecule has 0 aliphatic carbocycles. The molecular weight excluding hydrogens is 322 g/mol. The van der Waals surface area contributed by atoms with E-state index in [-0.39, 0.29) is 24.5 Å². The number of benzene rings is 1. The molecule has 2 heterocycles. The molecule has 1 fully saturated rings. The van der Waals surface area contributed by atoms with Crippen LogP contribution in [0.2, 0.25) is 0 Å². The predicted molar refractivity (Wildman–Crippen MR) is 92.7 cm³/mol. The first-order valence-electron chi connectivity index (χ1n) is 8.79. The first-order valence-corrected chi connectivity index (χ1v) is 8.79. The number of carbonyl (C=O) groups is 2. The van der Waals surface area contributed by atoms with Crippen LogP contribution in [0.4, 0.5) is 0 Å². The van der Waals surface area contributed by atoms with Crippen LogP contribution in [0.15, 0.2) is 24.3 Å². The Labute approximate surface area is 147 Å². The number of nitrogens with zero attached hydrogens (tertiary/aromatic N) is 2. The Kier molecular flexibility index (Phi) is 5.43. The van der Waals surface area contributed by atoms with Crippen LogP contribution in [0.3, 0.4) is 0 Å². The Hall–Kier alpha value is -2.28. The number of amides is 2. The fraction of sp³-hybridized carbons (Fsp3) is 0.556. The first kappa shape index (κ1) is 17.5. The number of fused-ring (bicyclic) bond motifs is 1. The highest BCUT2D eigenvalue weighted by Gasteiger charge is 2.34. The third kappa shape index (κ3) is 3.87. The van der Waals surface area contributed by atoms with E-state index in [0.717, 1.165) is 0 Å². The molecule has 0 bridgehead atoms. The second-order valence-electron chi connectivity index (χ2n) is 6.30. The van der Waals surface area contributed by atoms with E-state index >= 15 is 0 Å². The maximum atomic E-state index is 12.7. The molecule has 1 N–H and O–H groups in total. The Morgan fingerprint density at radius 1 is 1.20 bits per heavy atom. The molecule has 2 atom stereocenters. The minimum Gasteiger partial charge on any atom is -0.485 e. The Morgan fingerprint density at radius 3 is 2.56 bits per heavy atom. The normalized spacial score (nSPS) is 21.5. The molecule has 0 aromatic heterocycles. The van der Waals surface area contributed by atoms with Gasteiger partial charge in [0.25, 0.3) is 5.91 Å². The lowest BCUT2D eigenvalue weighted by Gasteiger charge is -2.39. The molecule has 3 rings (SSSR count). The largest absolute Gasteiger partial charge is 0.485 e. The third-order valence-corrected chi connectivity index (χ3v) is 4.69. The summed E-state index contributed by atoms with van der Waals surface area (Å²) in [5, 5.41) is 2.84. The van der Waals surface area contributed by atoms with Crippen molar-refractivity contribution in [3.8, 4) is 11.5 Å². The van der Waals surface area contributed by atoms with Crippen molar-refractivity contribution < 1.29 is 19.1 Å². The number of hydrogen-bond acceptors (Lipinski definition) is 5. The zero-order valence-electron chi connectivity index (χ0n) is 14.7. The van der Waals surface area contributed by atoms with Gasteiger partial charge in [0, 0.05) is 32.7 Å². The summed E-state index contributed by atoms with van der Waals surface area (Å²) in [7, 11) is 0. The van der Waals surface area contributed by atoms with Crippen LogP contribution in [0, 0.1) is 0 Å². The van der Waals surface area contributed by atoms with E-state index in [1.807, 2.05) is 32.0 Å². The molecule has 25 heavy (non-hydrogen) atoms. The van der Waals surface area contributed by atoms with Crippen LogP contribution in [-0.2, 0) is 9.59 Å². The predicted octanol–water partition coefficient (Wildman–Crippen LogP) is 0.495. The number of rotatable bonds is 4. The van der Waals surface area contributed by atoms with Crippen molar-refractivity contribution in [1.29, 1.82) is 0 Å². The van der Waals surface area contributed by atoms with Crippen molar-refractivity contribution in [2.24, 2.45) is 0 Å². The summed E-state index contributed by atoms with van der Waals surface area (Å²) in [5.41, 5.74) is 0. The summed E-state index contributed by atoms with van der Waals surface area (Å²) in [4.78, 5) is 28.5. The summed E-state index contributed by atoms with van der Waals surface area (Å²) in [5.74, 6) is 1.26. The van der Waals surface area contributed by atoms with E-state index in [4.69, 9.17) is 9.47 Å². The highest BCUT2D eigenvalue weighted by atomic mass is 16.6.